The third-order valence-electron chi connectivity index (χ3n) is 2.80. The van der Waals surface area contributed by atoms with Crippen LogP contribution in [0.4, 0.5) is 8.78 Å². The van der Waals surface area contributed by atoms with E-state index in [9.17, 15) is 8.78 Å². The molecular formula is C13H20ClF2N5. The summed E-state index contributed by atoms with van der Waals surface area (Å²) < 4.78 is 27.5. The molecule has 0 spiro atoms. The van der Waals surface area contributed by atoms with Gasteiger partial charge >= 0.3 is 0 Å². The van der Waals surface area contributed by atoms with E-state index in [4.69, 9.17) is 0 Å². The third kappa shape index (κ3) is 5.81. The molecule has 0 aliphatic rings. The zero-order valence-corrected chi connectivity index (χ0v) is 12.7. The molecule has 0 bridgehead atoms. The van der Waals surface area contributed by atoms with Crippen LogP contribution < -0.4 is 5.32 Å². The average Bonchev–Trinajstić information content (AvgIpc) is 2.99. The lowest BCUT2D eigenvalue weighted by molar-refractivity contribution is 0.121. The summed E-state index contributed by atoms with van der Waals surface area (Å²) in [5, 5.41) is 11.5. The van der Waals surface area contributed by atoms with E-state index >= 15 is 0 Å². The number of hydrogen-bond donors (Lipinski definition) is 1. The minimum atomic E-state index is -2.37. The van der Waals surface area contributed by atoms with Crippen LogP contribution in [-0.4, -0.2) is 26.0 Å². The second-order valence-electron chi connectivity index (χ2n) is 4.64. The molecule has 2 aromatic rings. The van der Waals surface area contributed by atoms with Crippen molar-refractivity contribution in [1.82, 2.24) is 24.9 Å². The molecule has 2 aromatic heterocycles. The summed E-state index contributed by atoms with van der Waals surface area (Å²) in [4.78, 5) is 0. The zero-order chi connectivity index (χ0) is 14.4. The Morgan fingerprint density at radius 2 is 2.10 bits per heavy atom. The molecule has 2 heterocycles. The van der Waals surface area contributed by atoms with Gasteiger partial charge in [0.25, 0.3) is 6.43 Å². The van der Waals surface area contributed by atoms with E-state index in [1.54, 1.807) is 12.3 Å². The number of aromatic nitrogens is 4. The molecule has 0 fully saturated rings. The summed E-state index contributed by atoms with van der Waals surface area (Å²) in [5.74, 6) is 0. The van der Waals surface area contributed by atoms with Crippen LogP contribution in [0.1, 0.15) is 24.6 Å². The van der Waals surface area contributed by atoms with Gasteiger partial charge in [-0.15, -0.1) is 12.4 Å². The number of alkyl halides is 2. The van der Waals surface area contributed by atoms with Gasteiger partial charge in [-0.2, -0.15) is 10.2 Å². The molecule has 118 valence electrons. The standard InChI is InChI=1S/C13H19F2N5.ClH/c1-2-4-19-9-11(7-17-19)6-16-8-12-3-5-20(18-12)10-13(14)15;/h3,5,7,9,13,16H,2,4,6,8,10H2,1H3;1H. The Morgan fingerprint density at radius 3 is 2.81 bits per heavy atom. The first-order chi connectivity index (χ1) is 9.67. The van der Waals surface area contributed by atoms with Gasteiger partial charge in [0.2, 0.25) is 0 Å². The van der Waals surface area contributed by atoms with Gasteiger partial charge in [0.15, 0.2) is 0 Å². The molecule has 1 N–H and O–H groups in total. The number of halogens is 3. The van der Waals surface area contributed by atoms with E-state index in [-0.39, 0.29) is 19.0 Å². The molecule has 2 rings (SSSR count). The van der Waals surface area contributed by atoms with Crippen molar-refractivity contribution < 1.29 is 8.78 Å². The van der Waals surface area contributed by atoms with Crippen LogP contribution >= 0.6 is 12.4 Å². The molecule has 0 unspecified atom stereocenters. The molecule has 0 aliphatic heterocycles. The number of nitrogens with zero attached hydrogens (tertiary/aromatic N) is 4. The van der Waals surface area contributed by atoms with Crippen molar-refractivity contribution in [1.29, 1.82) is 0 Å². The van der Waals surface area contributed by atoms with Gasteiger partial charge < -0.3 is 5.32 Å². The maximum Gasteiger partial charge on any atom is 0.257 e. The molecule has 0 aliphatic carbocycles. The van der Waals surface area contributed by atoms with Gasteiger partial charge in [0.05, 0.1) is 11.9 Å². The predicted octanol–water partition coefficient (Wildman–Crippen LogP) is 2.47. The second-order valence-corrected chi connectivity index (χ2v) is 4.64. The van der Waals surface area contributed by atoms with Crippen molar-refractivity contribution in [2.24, 2.45) is 0 Å². The Hall–Kier alpha value is -1.47. The summed E-state index contributed by atoms with van der Waals surface area (Å²) in [5.41, 5.74) is 1.86. The number of aryl methyl sites for hydroxylation is 1. The van der Waals surface area contributed by atoms with Crippen molar-refractivity contribution in [3.05, 3.63) is 35.9 Å². The van der Waals surface area contributed by atoms with Gasteiger partial charge in [-0.25, -0.2) is 8.78 Å². The number of rotatable bonds is 8. The van der Waals surface area contributed by atoms with Crippen molar-refractivity contribution in [3.63, 3.8) is 0 Å². The van der Waals surface area contributed by atoms with Crippen LogP contribution in [-0.2, 0) is 26.2 Å². The van der Waals surface area contributed by atoms with Gasteiger partial charge in [0, 0.05) is 37.6 Å². The first-order valence-electron chi connectivity index (χ1n) is 6.70. The Labute approximate surface area is 128 Å². The van der Waals surface area contributed by atoms with Crippen LogP contribution in [0.3, 0.4) is 0 Å². The third-order valence-corrected chi connectivity index (χ3v) is 2.80. The van der Waals surface area contributed by atoms with Crippen LogP contribution in [0.5, 0.6) is 0 Å². The summed E-state index contributed by atoms with van der Waals surface area (Å²) in [6.45, 7) is 3.90. The van der Waals surface area contributed by atoms with Crippen LogP contribution in [0.2, 0.25) is 0 Å². The lowest BCUT2D eigenvalue weighted by atomic mass is 10.3. The lowest BCUT2D eigenvalue weighted by Crippen LogP contribution is -2.14. The van der Waals surface area contributed by atoms with E-state index in [1.807, 2.05) is 17.1 Å². The number of nitrogens with one attached hydrogen (secondary N) is 1. The zero-order valence-electron chi connectivity index (χ0n) is 11.9. The summed E-state index contributed by atoms with van der Waals surface area (Å²) in [6, 6.07) is 1.75. The van der Waals surface area contributed by atoms with E-state index in [1.165, 1.54) is 4.68 Å². The predicted molar refractivity (Wildman–Crippen MR) is 78.5 cm³/mol. The molecule has 5 nitrogen and oxygen atoms in total. The fourth-order valence-electron chi connectivity index (χ4n) is 1.93. The molecule has 0 atom stereocenters. The minimum absolute atomic E-state index is 0. The highest BCUT2D eigenvalue weighted by Gasteiger charge is 2.05. The normalized spacial score (nSPS) is 10.9. The van der Waals surface area contributed by atoms with Gasteiger partial charge in [-0.05, 0) is 12.5 Å². The fourth-order valence-corrected chi connectivity index (χ4v) is 1.93. The maximum atomic E-state index is 12.2. The first-order valence-corrected chi connectivity index (χ1v) is 6.70. The summed E-state index contributed by atoms with van der Waals surface area (Å²) >= 11 is 0. The second kappa shape index (κ2) is 8.74. The SMILES string of the molecule is CCCn1cc(CNCc2ccn(CC(F)F)n2)cn1.Cl. The van der Waals surface area contributed by atoms with Crippen LogP contribution in [0, 0.1) is 0 Å². The average molecular weight is 320 g/mol. The molecule has 0 saturated heterocycles. The van der Waals surface area contributed by atoms with Crippen molar-refractivity contribution in [3.8, 4) is 0 Å². The molecule has 0 saturated carbocycles. The van der Waals surface area contributed by atoms with Crippen LogP contribution in [0.25, 0.3) is 0 Å². The molecule has 0 aromatic carbocycles. The number of hydrogen-bond acceptors (Lipinski definition) is 3. The largest absolute Gasteiger partial charge is 0.307 e. The monoisotopic (exact) mass is 319 g/mol. The Balaban J connectivity index is 0.00000220. The minimum Gasteiger partial charge on any atom is -0.307 e. The van der Waals surface area contributed by atoms with E-state index < -0.39 is 6.43 Å². The smallest absolute Gasteiger partial charge is 0.257 e. The van der Waals surface area contributed by atoms with Crippen molar-refractivity contribution >= 4 is 12.4 Å². The highest BCUT2D eigenvalue weighted by atomic mass is 35.5. The molecular weight excluding hydrogens is 300 g/mol. The molecule has 0 radical (unpaired) electrons. The molecule has 21 heavy (non-hydrogen) atoms. The van der Waals surface area contributed by atoms with Gasteiger partial charge in [0.1, 0.15) is 6.54 Å². The van der Waals surface area contributed by atoms with E-state index in [0.717, 1.165) is 24.2 Å². The molecule has 0 amide bonds. The van der Waals surface area contributed by atoms with E-state index in [2.05, 4.69) is 22.4 Å². The maximum absolute atomic E-state index is 12.2. The quantitative estimate of drug-likeness (QED) is 0.813. The van der Waals surface area contributed by atoms with Crippen molar-refractivity contribution in [2.75, 3.05) is 0 Å². The Morgan fingerprint density at radius 1 is 1.29 bits per heavy atom. The fraction of sp³-hybridized carbons (Fsp3) is 0.538. The molecule has 8 heteroatoms. The summed E-state index contributed by atoms with van der Waals surface area (Å²) in [7, 11) is 0. The first kappa shape index (κ1) is 17.6. The van der Waals surface area contributed by atoms with Gasteiger partial charge in [-0.1, -0.05) is 6.92 Å². The highest BCUT2D eigenvalue weighted by molar-refractivity contribution is 5.85. The summed E-state index contributed by atoms with van der Waals surface area (Å²) in [6.07, 6.45) is 4.09. The van der Waals surface area contributed by atoms with Gasteiger partial charge in [-0.3, -0.25) is 9.36 Å². The topological polar surface area (TPSA) is 47.7 Å². The van der Waals surface area contributed by atoms with Crippen LogP contribution in [0.15, 0.2) is 24.7 Å². The Bertz CT molecular complexity index is 526. The van der Waals surface area contributed by atoms with E-state index in [0.29, 0.717) is 13.1 Å². The Kier molecular flexibility index (Phi) is 7.31. The lowest BCUT2D eigenvalue weighted by Gasteiger charge is -2.01. The van der Waals surface area contributed by atoms with Crippen molar-refractivity contribution in [2.45, 2.75) is 45.9 Å². The highest BCUT2D eigenvalue weighted by Crippen LogP contribution is 2.02.